The molecule has 160 valence electrons. The number of benzene rings is 2. The van der Waals surface area contributed by atoms with Gasteiger partial charge in [-0.1, -0.05) is 29.4 Å². The summed E-state index contributed by atoms with van der Waals surface area (Å²) in [5.74, 6) is 0.0290. The number of likely N-dealkylation sites (tertiary alicyclic amines) is 1. The quantitative estimate of drug-likeness (QED) is 0.430. The minimum Gasteiger partial charge on any atom is -0.495 e. The molecule has 4 rings (SSSR count). The van der Waals surface area contributed by atoms with Crippen LogP contribution in [0.25, 0.3) is 16.6 Å². The van der Waals surface area contributed by atoms with E-state index in [2.05, 4.69) is 4.98 Å². The summed E-state index contributed by atoms with van der Waals surface area (Å²) in [5.41, 5.74) is 1.61. The Labute approximate surface area is 188 Å². The molecule has 31 heavy (non-hydrogen) atoms. The van der Waals surface area contributed by atoms with Crippen LogP contribution in [0.2, 0.25) is 5.02 Å². The van der Waals surface area contributed by atoms with Crippen molar-refractivity contribution in [2.24, 2.45) is 0 Å². The van der Waals surface area contributed by atoms with E-state index < -0.39 is 0 Å². The highest BCUT2D eigenvalue weighted by Gasteiger charge is 2.27. The zero-order valence-corrected chi connectivity index (χ0v) is 18.6. The van der Waals surface area contributed by atoms with Gasteiger partial charge in [0.15, 0.2) is 5.16 Å². The van der Waals surface area contributed by atoms with Crippen LogP contribution in [0.4, 0.5) is 0 Å². The summed E-state index contributed by atoms with van der Waals surface area (Å²) < 4.78 is 6.93. The van der Waals surface area contributed by atoms with E-state index in [0.717, 1.165) is 17.3 Å². The first-order chi connectivity index (χ1) is 14.9. The molecule has 9 heteroatoms. The summed E-state index contributed by atoms with van der Waals surface area (Å²) in [6, 6.07) is 10.4. The Balaban J connectivity index is 1.83. The van der Waals surface area contributed by atoms with Crippen LogP contribution in [0.3, 0.4) is 0 Å². The zero-order valence-electron chi connectivity index (χ0n) is 17.1. The molecule has 1 saturated heterocycles. The number of hydrogen-bond acceptors (Lipinski definition) is 6. The molecule has 0 unspecified atom stereocenters. The number of rotatable bonds is 5. The van der Waals surface area contributed by atoms with E-state index in [0.29, 0.717) is 51.9 Å². The van der Waals surface area contributed by atoms with E-state index in [4.69, 9.17) is 16.3 Å². The molecule has 0 aliphatic carbocycles. The Morgan fingerprint density at radius 3 is 2.74 bits per heavy atom. The largest absolute Gasteiger partial charge is 0.495 e. The number of aryl methyl sites for hydroxylation is 1. The lowest BCUT2D eigenvalue weighted by Crippen LogP contribution is -2.33. The predicted octanol–water partition coefficient (Wildman–Crippen LogP) is 3.60. The van der Waals surface area contributed by atoms with Crippen molar-refractivity contribution < 1.29 is 14.3 Å². The second-order valence-corrected chi connectivity index (χ2v) is 8.58. The molecular weight excluding hydrogens is 438 g/mol. The Kier molecular flexibility index (Phi) is 6.02. The molecule has 0 atom stereocenters. The van der Waals surface area contributed by atoms with Crippen LogP contribution in [0.15, 0.2) is 46.3 Å². The molecule has 0 saturated carbocycles. The van der Waals surface area contributed by atoms with Gasteiger partial charge in [0.25, 0.3) is 5.56 Å². The van der Waals surface area contributed by atoms with Crippen LogP contribution in [0, 0.1) is 6.92 Å². The maximum Gasteiger partial charge on any atom is 0.266 e. The number of ether oxygens (including phenoxy) is 1. The van der Waals surface area contributed by atoms with Gasteiger partial charge in [0.05, 0.1) is 29.5 Å². The fourth-order valence-electron chi connectivity index (χ4n) is 3.54. The minimum atomic E-state index is -0.296. The number of amides is 2. The average Bonchev–Trinajstić information content (AvgIpc) is 3.17. The number of hydrogen-bond donors (Lipinski definition) is 0. The first kappa shape index (κ1) is 21.4. The fourth-order valence-corrected chi connectivity index (χ4v) is 4.59. The van der Waals surface area contributed by atoms with Crippen LogP contribution in [0.5, 0.6) is 5.75 Å². The van der Waals surface area contributed by atoms with Crippen LogP contribution in [0.1, 0.15) is 18.4 Å². The maximum absolute atomic E-state index is 13.5. The Morgan fingerprint density at radius 2 is 2.03 bits per heavy atom. The summed E-state index contributed by atoms with van der Waals surface area (Å²) in [7, 11) is 1.53. The first-order valence-electron chi connectivity index (χ1n) is 9.72. The molecular formula is C22H20ClN3O4S. The van der Waals surface area contributed by atoms with Crippen LogP contribution in [-0.4, -0.2) is 45.7 Å². The molecule has 1 aliphatic heterocycles. The Morgan fingerprint density at radius 1 is 1.23 bits per heavy atom. The molecule has 7 nitrogen and oxygen atoms in total. The van der Waals surface area contributed by atoms with Gasteiger partial charge in [0, 0.05) is 18.0 Å². The topological polar surface area (TPSA) is 81.5 Å². The third kappa shape index (κ3) is 4.18. The van der Waals surface area contributed by atoms with Crippen molar-refractivity contribution in [3.8, 4) is 11.4 Å². The second kappa shape index (κ2) is 8.72. The van der Waals surface area contributed by atoms with Crippen LogP contribution >= 0.6 is 23.4 Å². The van der Waals surface area contributed by atoms with E-state index in [1.807, 2.05) is 19.1 Å². The van der Waals surface area contributed by atoms with Crippen molar-refractivity contribution in [1.29, 1.82) is 0 Å². The number of thioether (sulfide) groups is 1. The molecule has 2 aromatic carbocycles. The van der Waals surface area contributed by atoms with Gasteiger partial charge in [-0.25, -0.2) is 4.98 Å². The van der Waals surface area contributed by atoms with E-state index in [-0.39, 0.29) is 23.1 Å². The Bertz CT molecular complexity index is 1260. The predicted molar refractivity (Wildman–Crippen MR) is 120 cm³/mol. The minimum absolute atomic E-state index is 0.0155. The number of halogens is 1. The lowest BCUT2D eigenvalue weighted by Gasteiger charge is -2.17. The molecule has 0 N–H and O–H groups in total. The van der Waals surface area contributed by atoms with Gasteiger partial charge in [-0.3, -0.25) is 23.9 Å². The van der Waals surface area contributed by atoms with Gasteiger partial charge < -0.3 is 4.74 Å². The number of imide groups is 1. The lowest BCUT2D eigenvalue weighted by molar-refractivity contribution is -0.140. The highest BCUT2D eigenvalue weighted by atomic mass is 35.5. The van der Waals surface area contributed by atoms with Gasteiger partial charge >= 0.3 is 0 Å². The summed E-state index contributed by atoms with van der Waals surface area (Å²) in [5, 5.41) is 1.18. The van der Waals surface area contributed by atoms with Crippen LogP contribution < -0.4 is 10.3 Å². The normalized spacial score (nSPS) is 13.8. The highest BCUT2D eigenvalue weighted by molar-refractivity contribution is 7.99. The van der Waals surface area contributed by atoms with E-state index in [1.165, 1.54) is 16.6 Å². The van der Waals surface area contributed by atoms with Crippen molar-refractivity contribution in [1.82, 2.24) is 14.5 Å². The zero-order chi connectivity index (χ0) is 22.1. The molecule has 0 radical (unpaired) electrons. The van der Waals surface area contributed by atoms with Gasteiger partial charge in [-0.2, -0.15) is 0 Å². The highest BCUT2D eigenvalue weighted by Crippen LogP contribution is 2.29. The summed E-state index contributed by atoms with van der Waals surface area (Å²) in [6.45, 7) is 2.34. The third-order valence-corrected chi connectivity index (χ3v) is 6.23. The van der Waals surface area contributed by atoms with E-state index in [1.54, 1.807) is 24.3 Å². The van der Waals surface area contributed by atoms with E-state index >= 15 is 0 Å². The van der Waals surface area contributed by atoms with Crippen molar-refractivity contribution >= 4 is 46.1 Å². The SMILES string of the molecule is COc1ccc(C)cc1-n1c(SCC(=O)N2CCCC2=O)nc2cc(Cl)ccc2c1=O. The number of nitrogens with zero attached hydrogens (tertiary/aromatic N) is 3. The smallest absolute Gasteiger partial charge is 0.266 e. The lowest BCUT2D eigenvalue weighted by atomic mass is 10.2. The van der Waals surface area contributed by atoms with Crippen molar-refractivity contribution in [3.05, 3.63) is 57.3 Å². The third-order valence-electron chi connectivity index (χ3n) is 5.08. The summed E-state index contributed by atoms with van der Waals surface area (Å²) >= 11 is 7.21. The standard InChI is InChI=1S/C22H20ClN3O4S/c1-13-5-8-18(30-2)17(10-13)26-21(29)15-7-6-14(23)11-16(15)24-22(26)31-12-20(28)25-9-3-4-19(25)27/h5-8,10-11H,3-4,9,12H2,1-2H3. The molecule has 0 bridgehead atoms. The molecule has 1 aliphatic rings. The molecule has 3 aromatic rings. The van der Waals surface area contributed by atoms with Gasteiger partial charge in [-0.05, 0) is 49.2 Å². The van der Waals surface area contributed by atoms with Crippen molar-refractivity contribution in [3.63, 3.8) is 0 Å². The molecule has 1 aromatic heterocycles. The molecule has 2 amide bonds. The van der Waals surface area contributed by atoms with E-state index in [9.17, 15) is 14.4 Å². The first-order valence-corrected chi connectivity index (χ1v) is 11.1. The molecule has 2 heterocycles. The summed E-state index contributed by atoms with van der Waals surface area (Å²) in [4.78, 5) is 43.8. The average molecular weight is 458 g/mol. The van der Waals surface area contributed by atoms with Crippen LogP contribution in [-0.2, 0) is 9.59 Å². The number of methoxy groups -OCH3 is 1. The number of carbonyl (C=O) groups is 2. The fraction of sp³-hybridized carbons (Fsp3) is 0.273. The van der Waals surface area contributed by atoms with Gasteiger partial charge in [0.1, 0.15) is 5.75 Å². The Hall–Kier alpha value is -2.84. The number of fused-ring (bicyclic) bond motifs is 1. The molecule has 1 fully saturated rings. The van der Waals surface area contributed by atoms with Crippen molar-refractivity contribution in [2.75, 3.05) is 19.4 Å². The maximum atomic E-state index is 13.5. The van der Waals surface area contributed by atoms with Gasteiger partial charge in [0.2, 0.25) is 11.8 Å². The van der Waals surface area contributed by atoms with Crippen molar-refractivity contribution in [2.45, 2.75) is 24.9 Å². The van der Waals surface area contributed by atoms with Gasteiger partial charge in [-0.15, -0.1) is 0 Å². The monoisotopic (exact) mass is 457 g/mol. The number of carbonyl (C=O) groups excluding carboxylic acids is 2. The second-order valence-electron chi connectivity index (χ2n) is 7.20. The molecule has 0 spiro atoms. The summed E-state index contributed by atoms with van der Waals surface area (Å²) in [6.07, 6.45) is 1.06. The number of aromatic nitrogens is 2.